The fourth-order valence-corrected chi connectivity index (χ4v) is 2.42. The van der Waals surface area contributed by atoms with Gasteiger partial charge < -0.3 is 18.6 Å². The average molecular weight is 371 g/mol. The first-order valence-corrected chi connectivity index (χ1v) is 11.3. The summed E-state index contributed by atoms with van der Waals surface area (Å²) in [5.41, 5.74) is 0. The van der Waals surface area contributed by atoms with Crippen LogP contribution in [0.2, 0.25) is 18.1 Å². The zero-order valence-corrected chi connectivity index (χ0v) is 16.3. The van der Waals surface area contributed by atoms with Gasteiger partial charge in [-0.05, 0) is 18.1 Å². The van der Waals surface area contributed by atoms with Gasteiger partial charge in [0.1, 0.15) is 0 Å². The molecule has 0 radical (unpaired) electrons. The summed E-state index contributed by atoms with van der Waals surface area (Å²) in [6.07, 6.45) is 0. The van der Waals surface area contributed by atoms with Crippen LogP contribution in [0.15, 0.2) is 0 Å². The van der Waals surface area contributed by atoms with Crippen molar-refractivity contribution in [3.8, 4) is 0 Å². The number of rotatable bonds is 12. The van der Waals surface area contributed by atoms with Gasteiger partial charge in [0, 0.05) is 5.33 Å². The fourth-order valence-electron chi connectivity index (χ4n) is 1.17. The Labute approximate surface area is 133 Å². The van der Waals surface area contributed by atoms with Gasteiger partial charge in [0.2, 0.25) is 0 Å². The Morgan fingerprint density at radius 1 is 0.750 bits per heavy atom. The molecule has 0 spiro atoms. The van der Waals surface area contributed by atoms with E-state index in [2.05, 4.69) is 49.8 Å². The summed E-state index contributed by atoms with van der Waals surface area (Å²) in [7, 11) is -1.63. The van der Waals surface area contributed by atoms with Gasteiger partial charge in [0.15, 0.2) is 8.32 Å². The van der Waals surface area contributed by atoms with Crippen LogP contribution >= 0.6 is 15.9 Å². The lowest BCUT2D eigenvalue weighted by Gasteiger charge is -2.36. The summed E-state index contributed by atoms with van der Waals surface area (Å²) in [6.45, 7) is 15.7. The Balaban J connectivity index is 3.33. The normalized spacial score (nSPS) is 12.9. The van der Waals surface area contributed by atoms with Crippen LogP contribution in [0.1, 0.15) is 20.8 Å². The van der Waals surface area contributed by atoms with Crippen LogP contribution in [-0.2, 0) is 18.6 Å². The second kappa shape index (κ2) is 11.2. The number of halogens is 1. The van der Waals surface area contributed by atoms with Gasteiger partial charge in [-0.15, -0.1) is 0 Å². The van der Waals surface area contributed by atoms with Crippen molar-refractivity contribution in [2.75, 3.05) is 51.6 Å². The molecule has 4 nitrogen and oxygen atoms in total. The monoisotopic (exact) mass is 370 g/mol. The molecule has 6 heteroatoms. The summed E-state index contributed by atoms with van der Waals surface area (Å²) < 4.78 is 22.2. The van der Waals surface area contributed by atoms with Crippen LogP contribution in [0.3, 0.4) is 0 Å². The van der Waals surface area contributed by atoms with Gasteiger partial charge >= 0.3 is 0 Å². The molecule has 0 saturated heterocycles. The van der Waals surface area contributed by atoms with Crippen molar-refractivity contribution in [2.45, 2.75) is 38.9 Å². The fraction of sp³-hybridized carbons (Fsp3) is 1.00. The van der Waals surface area contributed by atoms with Crippen LogP contribution in [0.5, 0.6) is 0 Å². The predicted molar refractivity (Wildman–Crippen MR) is 89.4 cm³/mol. The van der Waals surface area contributed by atoms with Crippen LogP contribution in [-0.4, -0.2) is 59.9 Å². The van der Waals surface area contributed by atoms with E-state index in [4.69, 9.17) is 18.6 Å². The van der Waals surface area contributed by atoms with Crippen molar-refractivity contribution in [3.05, 3.63) is 0 Å². The van der Waals surface area contributed by atoms with E-state index in [9.17, 15) is 0 Å². The molecule has 0 atom stereocenters. The van der Waals surface area contributed by atoms with E-state index < -0.39 is 8.32 Å². The Bertz CT molecular complexity index is 232. The molecule has 0 rings (SSSR count). The minimum atomic E-state index is -1.63. The zero-order valence-electron chi connectivity index (χ0n) is 13.7. The molecule has 0 heterocycles. The maximum Gasteiger partial charge on any atom is 0.192 e. The third kappa shape index (κ3) is 10.3. The second-order valence-electron chi connectivity index (χ2n) is 6.13. The van der Waals surface area contributed by atoms with E-state index in [0.29, 0.717) is 39.6 Å². The first kappa shape index (κ1) is 20.5. The lowest BCUT2D eigenvalue weighted by atomic mass is 10.2. The lowest BCUT2D eigenvalue weighted by Crippen LogP contribution is -2.41. The van der Waals surface area contributed by atoms with E-state index >= 15 is 0 Å². The average Bonchev–Trinajstić information content (AvgIpc) is 2.34. The highest BCUT2D eigenvalue weighted by molar-refractivity contribution is 9.09. The highest BCUT2D eigenvalue weighted by Crippen LogP contribution is 2.36. The highest BCUT2D eigenvalue weighted by atomic mass is 79.9. The molecule has 0 amide bonds. The maximum atomic E-state index is 6.01. The van der Waals surface area contributed by atoms with Crippen molar-refractivity contribution in [1.82, 2.24) is 0 Å². The second-order valence-corrected chi connectivity index (χ2v) is 11.7. The number of hydrogen-bond acceptors (Lipinski definition) is 4. The molecule has 0 aromatic rings. The SMILES string of the molecule is CC(C)(C)[Si](C)(C)OCCOCCOCCOCCBr. The number of alkyl halides is 1. The molecule has 122 valence electrons. The molecule has 0 aromatic carbocycles. The quantitative estimate of drug-likeness (QED) is 0.299. The largest absolute Gasteiger partial charge is 0.414 e. The van der Waals surface area contributed by atoms with Crippen LogP contribution in [0.25, 0.3) is 0 Å². The van der Waals surface area contributed by atoms with E-state index in [1.807, 2.05) is 0 Å². The topological polar surface area (TPSA) is 36.9 Å². The summed E-state index contributed by atoms with van der Waals surface area (Å²) in [6, 6.07) is 0. The summed E-state index contributed by atoms with van der Waals surface area (Å²) in [4.78, 5) is 0. The molecule has 20 heavy (non-hydrogen) atoms. The molecular formula is C14H31BrO4Si. The van der Waals surface area contributed by atoms with Crippen LogP contribution < -0.4 is 0 Å². The molecule has 0 aliphatic carbocycles. The third-order valence-electron chi connectivity index (χ3n) is 3.46. The molecule has 0 aromatic heterocycles. The van der Waals surface area contributed by atoms with Crippen molar-refractivity contribution in [2.24, 2.45) is 0 Å². The zero-order chi connectivity index (χ0) is 15.5. The van der Waals surface area contributed by atoms with Gasteiger partial charge in [0.25, 0.3) is 0 Å². The van der Waals surface area contributed by atoms with Crippen molar-refractivity contribution >= 4 is 24.2 Å². The van der Waals surface area contributed by atoms with Crippen molar-refractivity contribution in [1.29, 1.82) is 0 Å². The molecule has 0 unspecified atom stereocenters. The highest BCUT2D eigenvalue weighted by Gasteiger charge is 2.36. The standard InChI is InChI=1S/C14H31BrO4Si/c1-14(2,3)20(4,5)19-13-12-18-11-10-17-9-8-16-7-6-15/h6-13H2,1-5H3. The summed E-state index contributed by atoms with van der Waals surface area (Å²) in [5, 5.41) is 1.12. The smallest absolute Gasteiger partial charge is 0.192 e. The Hall–Kier alpha value is 0.537. The van der Waals surface area contributed by atoms with Gasteiger partial charge in [-0.2, -0.15) is 0 Å². The van der Waals surface area contributed by atoms with Gasteiger partial charge in [-0.3, -0.25) is 0 Å². The third-order valence-corrected chi connectivity index (χ3v) is 8.32. The van der Waals surface area contributed by atoms with E-state index in [1.165, 1.54) is 0 Å². The molecule has 0 bridgehead atoms. The predicted octanol–water partition coefficient (Wildman–Crippen LogP) is 3.45. The first-order chi connectivity index (χ1) is 9.31. The molecule has 0 saturated carbocycles. The minimum absolute atomic E-state index is 0.255. The van der Waals surface area contributed by atoms with Crippen molar-refractivity contribution < 1.29 is 18.6 Å². The Morgan fingerprint density at radius 3 is 1.55 bits per heavy atom. The summed E-state index contributed by atoms with van der Waals surface area (Å²) in [5.74, 6) is 0. The Morgan fingerprint density at radius 2 is 1.15 bits per heavy atom. The summed E-state index contributed by atoms with van der Waals surface area (Å²) >= 11 is 3.30. The Kier molecular flexibility index (Phi) is 11.4. The van der Waals surface area contributed by atoms with E-state index in [1.54, 1.807) is 0 Å². The molecular weight excluding hydrogens is 340 g/mol. The molecule has 0 aliphatic rings. The lowest BCUT2D eigenvalue weighted by molar-refractivity contribution is 0.0110. The van der Waals surface area contributed by atoms with Crippen LogP contribution in [0, 0.1) is 0 Å². The minimum Gasteiger partial charge on any atom is -0.414 e. The first-order valence-electron chi connectivity index (χ1n) is 7.24. The number of hydrogen-bond donors (Lipinski definition) is 0. The van der Waals surface area contributed by atoms with E-state index in [0.717, 1.165) is 11.9 Å². The van der Waals surface area contributed by atoms with Gasteiger partial charge in [-0.25, -0.2) is 0 Å². The maximum absolute atomic E-state index is 6.01. The number of ether oxygens (including phenoxy) is 3. The van der Waals surface area contributed by atoms with Gasteiger partial charge in [0.05, 0.1) is 46.2 Å². The molecule has 0 N–H and O–H groups in total. The van der Waals surface area contributed by atoms with Crippen molar-refractivity contribution in [3.63, 3.8) is 0 Å². The van der Waals surface area contributed by atoms with E-state index in [-0.39, 0.29) is 5.04 Å². The van der Waals surface area contributed by atoms with Gasteiger partial charge in [-0.1, -0.05) is 36.7 Å². The molecule has 0 fully saturated rings. The van der Waals surface area contributed by atoms with Crippen LogP contribution in [0.4, 0.5) is 0 Å². The molecule has 0 aliphatic heterocycles.